The van der Waals surface area contributed by atoms with Crippen molar-refractivity contribution < 1.29 is 14.3 Å². The molecule has 6 heteroatoms. The lowest BCUT2D eigenvalue weighted by molar-refractivity contribution is -0.122. The number of benzene rings is 2. The zero-order valence-electron chi connectivity index (χ0n) is 16.9. The van der Waals surface area contributed by atoms with E-state index < -0.39 is 0 Å². The third-order valence-corrected chi connectivity index (χ3v) is 5.54. The van der Waals surface area contributed by atoms with Crippen LogP contribution in [0.15, 0.2) is 42.5 Å². The third kappa shape index (κ3) is 5.73. The molecule has 0 unspecified atom stereocenters. The standard InChI is InChI=1S/C23H27ClN2O3/c1-16-3-5-17(6-4-16)7-10-22(27)25-19-11-13-26(14-12-19)23(28)20-15-18(24)8-9-21(20)29-2/h3-6,8-9,15,19H,7,10-14H2,1-2H3,(H,25,27). The molecule has 154 valence electrons. The maximum absolute atomic E-state index is 12.8. The van der Waals surface area contributed by atoms with Crippen LogP contribution >= 0.6 is 11.6 Å². The number of hydrogen-bond donors (Lipinski definition) is 1. The molecule has 1 aliphatic heterocycles. The number of nitrogens with one attached hydrogen (secondary N) is 1. The molecule has 0 spiro atoms. The first-order chi connectivity index (χ1) is 14.0. The number of carbonyl (C=O) groups excluding carboxylic acids is 2. The van der Waals surface area contributed by atoms with E-state index in [2.05, 4.69) is 36.5 Å². The van der Waals surface area contributed by atoms with E-state index in [1.54, 1.807) is 30.2 Å². The Bertz CT molecular complexity index is 859. The molecule has 1 saturated heterocycles. The number of nitrogens with zero attached hydrogens (tertiary/aromatic N) is 1. The van der Waals surface area contributed by atoms with Crippen LogP contribution in [0.1, 0.15) is 40.7 Å². The van der Waals surface area contributed by atoms with E-state index in [9.17, 15) is 9.59 Å². The Morgan fingerprint density at radius 1 is 1.14 bits per heavy atom. The van der Waals surface area contributed by atoms with E-state index in [-0.39, 0.29) is 17.9 Å². The zero-order chi connectivity index (χ0) is 20.8. The van der Waals surface area contributed by atoms with Gasteiger partial charge in [-0.1, -0.05) is 41.4 Å². The first-order valence-electron chi connectivity index (χ1n) is 9.94. The van der Waals surface area contributed by atoms with Crippen LogP contribution in [0, 0.1) is 6.92 Å². The monoisotopic (exact) mass is 414 g/mol. The number of likely N-dealkylation sites (tertiary alicyclic amines) is 1. The minimum absolute atomic E-state index is 0.0619. The molecule has 1 heterocycles. The summed E-state index contributed by atoms with van der Waals surface area (Å²) in [5, 5.41) is 3.61. The number of ether oxygens (including phenoxy) is 1. The molecule has 2 aromatic rings. The number of methoxy groups -OCH3 is 1. The molecule has 0 radical (unpaired) electrons. The molecule has 0 aliphatic carbocycles. The summed E-state index contributed by atoms with van der Waals surface area (Å²) in [7, 11) is 1.54. The van der Waals surface area contributed by atoms with Gasteiger partial charge < -0.3 is 15.0 Å². The topological polar surface area (TPSA) is 58.6 Å². The van der Waals surface area contributed by atoms with E-state index in [0.29, 0.717) is 35.8 Å². The molecule has 1 fully saturated rings. The molecule has 29 heavy (non-hydrogen) atoms. The van der Waals surface area contributed by atoms with Gasteiger partial charge in [0.25, 0.3) is 5.91 Å². The van der Waals surface area contributed by atoms with Crippen molar-refractivity contribution in [1.82, 2.24) is 10.2 Å². The second kappa shape index (κ2) is 9.79. The van der Waals surface area contributed by atoms with Gasteiger partial charge in [0, 0.05) is 30.6 Å². The van der Waals surface area contributed by atoms with Crippen molar-refractivity contribution in [3.05, 3.63) is 64.2 Å². The summed E-state index contributed by atoms with van der Waals surface area (Å²) in [6, 6.07) is 13.4. The van der Waals surface area contributed by atoms with E-state index >= 15 is 0 Å². The fourth-order valence-electron chi connectivity index (χ4n) is 3.56. The largest absolute Gasteiger partial charge is 0.496 e. The van der Waals surface area contributed by atoms with Crippen molar-refractivity contribution in [1.29, 1.82) is 0 Å². The highest BCUT2D eigenvalue weighted by Gasteiger charge is 2.26. The number of amides is 2. The smallest absolute Gasteiger partial charge is 0.257 e. The molecule has 3 rings (SSSR count). The molecule has 0 aromatic heterocycles. The second-order valence-corrected chi connectivity index (χ2v) is 7.90. The van der Waals surface area contributed by atoms with Crippen LogP contribution in [0.3, 0.4) is 0 Å². The molecular weight excluding hydrogens is 388 g/mol. The summed E-state index contributed by atoms with van der Waals surface area (Å²) in [5.74, 6) is 0.492. The normalized spacial score (nSPS) is 14.5. The number of piperidine rings is 1. The van der Waals surface area contributed by atoms with Gasteiger partial charge in [0.1, 0.15) is 5.75 Å². The molecular formula is C23H27ClN2O3. The minimum atomic E-state index is -0.0894. The summed E-state index contributed by atoms with van der Waals surface area (Å²) >= 11 is 6.05. The van der Waals surface area contributed by atoms with Gasteiger partial charge in [-0.15, -0.1) is 0 Å². The number of halogens is 1. The van der Waals surface area contributed by atoms with Crippen molar-refractivity contribution in [2.24, 2.45) is 0 Å². The first-order valence-corrected chi connectivity index (χ1v) is 10.3. The predicted octanol–water partition coefficient (Wildman–Crippen LogP) is 4.01. The van der Waals surface area contributed by atoms with Crippen LogP contribution in [0.5, 0.6) is 5.75 Å². The lowest BCUT2D eigenvalue weighted by Crippen LogP contribution is -2.46. The van der Waals surface area contributed by atoms with Crippen molar-refractivity contribution in [2.45, 2.75) is 38.6 Å². The molecule has 5 nitrogen and oxygen atoms in total. The van der Waals surface area contributed by atoms with Crippen LogP contribution in [0.2, 0.25) is 5.02 Å². The fourth-order valence-corrected chi connectivity index (χ4v) is 3.73. The Labute approximate surface area is 177 Å². The quantitative estimate of drug-likeness (QED) is 0.776. The van der Waals surface area contributed by atoms with Crippen molar-refractivity contribution >= 4 is 23.4 Å². The zero-order valence-corrected chi connectivity index (χ0v) is 17.7. The summed E-state index contributed by atoms with van der Waals surface area (Å²) < 4.78 is 5.29. The molecule has 0 bridgehead atoms. The number of hydrogen-bond acceptors (Lipinski definition) is 3. The average molecular weight is 415 g/mol. The lowest BCUT2D eigenvalue weighted by atomic mass is 10.0. The molecule has 0 saturated carbocycles. The highest BCUT2D eigenvalue weighted by Crippen LogP contribution is 2.25. The molecule has 2 aromatic carbocycles. The molecule has 1 N–H and O–H groups in total. The Kier molecular flexibility index (Phi) is 7.15. The number of carbonyl (C=O) groups is 2. The summed E-state index contributed by atoms with van der Waals surface area (Å²) in [5.41, 5.74) is 2.86. The Hall–Kier alpha value is -2.53. The van der Waals surface area contributed by atoms with Crippen LogP contribution in [0.25, 0.3) is 0 Å². The maximum atomic E-state index is 12.8. The van der Waals surface area contributed by atoms with Gasteiger partial charge in [-0.05, 0) is 49.9 Å². The van der Waals surface area contributed by atoms with E-state index in [4.69, 9.17) is 16.3 Å². The van der Waals surface area contributed by atoms with Crippen molar-refractivity contribution in [2.75, 3.05) is 20.2 Å². The minimum Gasteiger partial charge on any atom is -0.496 e. The first kappa shape index (κ1) is 21.2. The van der Waals surface area contributed by atoms with Crippen molar-refractivity contribution in [3.63, 3.8) is 0 Å². The second-order valence-electron chi connectivity index (χ2n) is 7.46. The van der Waals surface area contributed by atoms with Crippen molar-refractivity contribution in [3.8, 4) is 5.75 Å². The Morgan fingerprint density at radius 3 is 2.48 bits per heavy atom. The summed E-state index contributed by atoms with van der Waals surface area (Å²) in [6.45, 7) is 3.24. The number of rotatable bonds is 6. The van der Waals surface area contributed by atoms with Gasteiger partial charge >= 0.3 is 0 Å². The average Bonchev–Trinajstić information content (AvgIpc) is 2.73. The number of aryl methyl sites for hydroxylation is 2. The van der Waals surface area contributed by atoms with Gasteiger partial charge in [0.05, 0.1) is 12.7 Å². The Balaban J connectivity index is 1.47. The van der Waals surface area contributed by atoms with Crippen LogP contribution < -0.4 is 10.1 Å². The molecule has 0 atom stereocenters. The predicted molar refractivity (Wildman–Crippen MR) is 115 cm³/mol. The van der Waals surface area contributed by atoms with Gasteiger partial charge in [0.2, 0.25) is 5.91 Å². The fraction of sp³-hybridized carbons (Fsp3) is 0.391. The molecule has 1 aliphatic rings. The highest BCUT2D eigenvalue weighted by atomic mass is 35.5. The van der Waals surface area contributed by atoms with Gasteiger partial charge in [-0.3, -0.25) is 9.59 Å². The lowest BCUT2D eigenvalue weighted by Gasteiger charge is -2.32. The van der Waals surface area contributed by atoms with Crippen LogP contribution in [-0.4, -0.2) is 43.0 Å². The van der Waals surface area contributed by atoms with Gasteiger partial charge in [-0.25, -0.2) is 0 Å². The van der Waals surface area contributed by atoms with E-state index in [1.165, 1.54) is 11.1 Å². The molecule has 2 amide bonds. The summed E-state index contributed by atoms with van der Waals surface area (Å²) in [6.07, 6.45) is 2.69. The Morgan fingerprint density at radius 2 is 1.83 bits per heavy atom. The maximum Gasteiger partial charge on any atom is 0.257 e. The van der Waals surface area contributed by atoms with Crippen LogP contribution in [0.4, 0.5) is 0 Å². The third-order valence-electron chi connectivity index (χ3n) is 5.30. The van der Waals surface area contributed by atoms with E-state index in [0.717, 1.165) is 19.3 Å². The van der Waals surface area contributed by atoms with E-state index in [1.807, 2.05) is 0 Å². The van der Waals surface area contributed by atoms with Gasteiger partial charge in [-0.2, -0.15) is 0 Å². The van der Waals surface area contributed by atoms with Gasteiger partial charge in [0.15, 0.2) is 0 Å². The SMILES string of the molecule is COc1ccc(Cl)cc1C(=O)N1CCC(NC(=O)CCc2ccc(C)cc2)CC1. The van der Waals surface area contributed by atoms with Crippen LogP contribution in [-0.2, 0) is 11.2 Å². The highest BCUT2D eigenvalue weighted by molar-refractivity contribution is 6.31. The summed E-state index contributed by atoms with van der Waals surface area (Å²) in [4.78, 5) is 26.9.